The largest absolute Gasteiger partial charge is 0.393 e. The van der Waals surface area contributed by atoms with E-state index in [1.807, 2.05) is 7.11 Å². The van der Waals surface area contributed by atoms with Crippen molar-refractivity contribution in [3.63, 3.8) is 0 Å². The molecule has 0 amide bonds. The van der Waals surface area contributed by atoms with Gasteiger partial charge < -0.3 is 9.84 Å². The molecule has 8 unspecified atom stereocenters. The third kappa shape index (κ3) is 2.42. The maximum Gasteiger partial charge on any atom is 0.0627 e. The van der Waals surface area contributed by atoms with Crippen molar-refractivity contribution in [3.05, 3.63) is 0 Å². The zero-order valence-electron chi connectivity index (χ0n) is 14.7. The number of methoxy groups -OCH3 is 1. The van der Waals surface area contributed by atoms with E-state index in [-0.39, 0.29) is 13.5 Å². The summed E-state index contributed by atoms with van der Waals surface area (Å²) in [6.45, 7) is 5.10. The van der Waals surface area contributed by atoms with Gasteiger partial charge in [-0.25, -0.2) is 0 Å². The molecule has 0 saturated heterocycles. The van der Waals surface area contributed by atoms with Gasteiger partial charge in [0.15, 0.2) is 0 Å². The summed E-state index contributed by atoms with van der Waals surface area (Å²) < 4.78 is 5.88. The fourth-order valence-corrected chi connectivity index (χ4v) is 7.57. The van der Waals surface area contributed by atoms with Crippen molar-refractivity contribution in [1.29, 1.82) is 0 Å². The molecule has 134 valence electrons. The van der Waals surface area contributed by atoms with Crippen LogP contribution in [0.2, 0.25) is 0 Å². The topological polar surface area (TPSA) is 29.5 Å². The molecular weight excluding hydrogens is 284 g/mol. The molecule has 0 bridgehead atoms. The molecule has 8 atom stereocenters. The van der Waals surface area contributed by atoms with Gasteiger partial charge in [0.05, 0.1) is 12.2 Å². The molecule has 0 aromatic rings. The fraction of sp³-hybridized carbons (Fsp3) is 1.00. The van der Waals surface area contributed by atoms with E-state index in [2.05, 4.69) is 13.8 Å². The first-order valence-corrected chi connectivity index (χ1v) is 9.70. The normalized spacial score (nSPS) is 55.3. The number of rotatable bonds is 1. The molecule has 0 aliphatic heterocycles. The molecule has 0 aromatic heterocycles. The predicted octanol–water partition coefficient (Wildman–Crippen LogP) is 5.04. The van der Waals surface area contributed by atoms with Gasteiger partial charge in [0, 0.05) is 7.11 Å². The van der Waals surface area contributed by atoms with E-state index >= 15 is 0 Å². The number of ether oxygens (including phenoxy) is 1. The van der Waals surface area contributed by atoms with Crippen molar-refractivity contribution in [3.8, 4) is 0 Å². The molecule has 0 radical (unpaired) electrons. The molecule has 4 saturated carbocycles. The van der Waals surface area contributed by atoms with Crippen molar-refractivity contribution in [2.45, 2.75) is 91.3 Å². The summed E-state index contributed by atoms with van der Waals surface area (Å²) in [6.07, 6.45) is 12.1. The highest BCUT2D eigenvalue weighted by molar-refractivity contribution is 5.09. The highest BCUT2D eigenvalue weighted by Gasteiger charge is 2.60. The van der Waals surface area contributed by atoms with Crippen LogP contribution in [0.5, 0.6) is 0 Å². The fourth-order valence-electron chi connectivity index (χ4n) is 7.57. The van der Waals surface area contributed by atoms with Gasteiger partial charge in [0.1, 0.15) is 0 Å². The van der Waals surface area contributed by atoms with E-state index in [0.29, 0.717) is 16.9 Å². The Kier molecular flexibility index (Phi) is 4.64. The molecule has 0 aromatic carbocycles. The van der Waals surface area contributed by atoms with Crippen LogP contribution in [0, 0.1) is 34.5 Å². The van der Waals surface area contributed by atoms with Crippen molar-refractivity contribution < 1.29 is 9.84 Å². The first kappa shape index (κ1) is 17.7. The zero-order valence-corrected chi connectivity index (χ0v) is 14.7. The van der Waals surface area contributed by atoms with Crippen LogP contribution < -0.4 is 0 Å². The van der Waals surface area contributed by atoms with E-state index in [1.54, 1.807) is 0 Å². The Balaban J connectivity index is 0.00000156. The summed E-state index contributed by atoms with van der Waals surface area (Å²) in [4.78, 5) is 0. The van der Waals surface area contributed by atoms with Crippen molar-refractivity contribution in [2.75, 3.05) is 7.11 Å². The van der Waals surface area contributed by atoms with Crippen LogP contribution in [-0.2, 0) is 4.74 Å². The lowest BCUT2D eigenvalue weighted by Crippen LogP contribution is -2.54. The lowest BCUT2D eigenvalue weighted by Gasteiger charge is -2.60. The minimum atomic E-state index is -0.0205. The molecule has 1 N–H and O–H groups in total. The third-order valence-electron chi connectivity index (χ3n) is 8.84. The minimum absolute atomic E-state index is 0. The number of hydrogen-bond donors (Lipinski definition) is 1. The maximum absolute atomic E-state index is 10.1. The van der Waals surface area contributed by atoms with Gasteiger partial charge in [0.25, 0.3) is 0 Å². The smallest absolute Gasteiger partial charge is 0.0627 e. The first-order chi connectivity index (χ1) is 10.5. The number of fused-ring (bicyclic) bond motifs is 5. The van der Waals surface area contributed by atoms with Gasteiger partial charge >= 0.3 is 0 Å². The van der Waals surface area contributed by atoms with E-state index in [4.69, 9.17) is 4.74 Å². The Labute approximate surface area is 143 Å². The minimum Gasteiger partial charge on any atom is -0.393 e. The SMILES string of the molecule is C.COC1CCC2C3CCC4CC(O)CCC4(C)C3CCC12C. The van der Waals surface area contributed by atoms with Crippen LogP contribution in [-0.4, -0.2) is 24.4 Å². The molecular formula is C21H38O2. The van der Waals surface area contributed by atoms with E-state index in [1.165, 1.54) is 44.9 Å². The van der Waals surface area contributed by atoms with E-state index < -0.39 is 0 Å². The zero-order chi connectivity index (χ0) is 15.5. The predicted molar refractivity (Wildman–Crippen MR) is 95.3 cm³/mol. The van der Waals surface area contributed by atoms with Gasteiger partial charge in [-0.05, 0) is 92.3 Å². The molecule has 0 heterocycles. The molecule has 4 aliphatic carbocycles. The molecule has 4 fully saturated rings. The summed E-state index contributed by atoms with van der Waals surface area (Å²) in [5.74, 6) is 3.50. The Bertz CT molecular complexity index is 436. The summed E-state index contributed by atoms with van der Waals surface area (Å²) >= 11 is 0. The monoisotopic (exact) mass is 322 g/mol. The molecule has 4 rings (SSSR count). The maximum atomic E-state index is 10.1. The number of aliphatic hydroxyl groups is 1. The Morgan fingerprint density at radius 2 is 1.57 bits per heavy atom. The van der Waals surface area contributed by atoms with E-state index in [0.717, 1.165) is 36.5 Å². The van der Waals surface area contributed by atoms with Crippen LogP contribution in [0.3, 0.4) is 0 Å². The quantitative estimate of drug-likeness (QED) is 0.732. The van der Waals surface area contributed by atoms with Crippen LogP contribution in [0.1, 0.15) is 79.1 Å². The lowest BCUT2D eigenvalue weighted by molar-refractivity contribution is -0.137. The average molecular weight is 323 g/mol. The van der Waals surface area contributed by atoms with Gasteiger partial charge in [0.2, 0.25) is 0 Å². The van der Waals surface area contributed by atoms with E-state index in [9.17, 15) is 5.11 Å². The first-order valence-electron chi connectivity index (χ1n) is 9.70. The number of hydrogen-bond acceptors (Lipinski definition) is 2. The summed E-state index contributed by atoms with van der Waals surface area (Å²) in [6, 6.07) is 0. The Morgan fingerprint density at radius 3 is 2.30 bits per heavy atom. The van der Waals surface area contributed by atoms with Gasteiger partial charge in [-0.1, -0.05) is 21.3 Å². The van der Waals surface area contributed by atoms with Gasteiger partial charge in [-0.2, -0.15) is 0 Å². The second-order valence-electron chi connectivity index (χ2n) is 9.43. The summed E-state index contributed by atoms with van der Waals surface area (Å²) in [7, 11) is 1.92. The molecule has 4 aliphatic rings. The van der Waals surface area contributed by atoms with Gasteiger partial charge in [-0.15, -0.1) is 0 Å². The lowest BCUT2D eigenvalue weighted by atomic mass is 9.45. The van der Waals surface area contributed by atoms with Crippen molar-refractivity contribution >= 4 is 0 Å². The van der Waals surface area contributed by atoms with Crippen LogP contribution in [0.15, 0.2) is 0 Å². The van der Waals surface area contributed by atoms with Crippen LogP contribution in [0.25, 0.3) is 0 Å². The third-order valence-corrected chi connectivity index (χ3v) is 8.84. The molecule has 2 nitrogen and oxygen atoms in total. The van der Waals surface area contributed by atoms with Crippen LogP contribution >= 0.6 is 0 Å². The second kappa shape index (κ2) is 6.02. The Morgan fingerprint density at radius 1 is 0.870 bits per heavy atom. The van der Waals surface area contributed by atoms with Gasteiger partial charge in [-0.3, -0.25) is 0 Å². The summed E-state index contributed by atoms with van der Waals surface area (Å²) in [5.41, 5.74) is 0.946. The number of aliphatic hydroxyl groups excluding tert-OH is 1. The van der Waals surface area contributed by atoms with Crippen molar-refractivity contribution in [2.24, 2.45) is 34.5 Å². The summed E-state index contributed by atoms with van der Waals surface area (Å²) in [5, 5.41) is 10.1. The van der Waals surface area contributed by atoms with Crippen LogP contribution in [0.4, 0.5) is 0 Å². The highest BCUT2D eigenvalue weighted by atomic mass is 16.5. The van der Waals surface area contributed by atoms with Crippen molar-refractivity contribution in [1.82, 2.24) is 0 Å². The average Bonchev–Trinajstić information content (AvgIpc) is 2.84. The highest BCUT2D eigenvalue weighted by Crippen LogP contribution is 2.66. The Hall–Kier alpha value is -0.0800. The molecule has 2 heteroatoms. The standard InChI is InChI=1S/C20H34O2.CH4/c1-19-10-8-14(21)12-13(19)4-5-15-16-6-7-18(22-3)20(16,2)11-9-17(15)19;/h13-18,21H,4-12H2,1-3H3;1H4. The molecule has 23 heavy (non-hydrogen) atoms. The second-order valence-corrected chi connectivity index (χ2v) is 9.43. The molecule has 0 spiro atoms.